The molecule has 3 nitrogen and oxygen atoms in total. The van der Waals surface area contributed by atoms with Gasteiger partial charge in [0.2, 0.25) is 0 Å². The Morgan fingerprint density at radius 1 is 1.32 bits per heavy atom. The summed E-state index contributed by atoms with van der Waals surface area (Å²) in [7, 11) is 0. The number of hydrogen-bond donors (Lipinski definition) is 1. The monoisotopic (exact) mass is 339 g/mol. The molecule has 1 aromatic heterocycles. The average Bonchev–Trinajstić information content (AvgIpc) is 3.11. The van der Waals surface area contributed by atoms with Crippen LogP contribution < -0.4 is 0 Å². The van der Waals surface area contributed by atoms with Crippen molar-refractivity contribution >= 4 is 28.9 Å². The Hall–Kier alpha value is -1.43. The average molecular weight is 340 g/mol. The molecule has 0 saturated carbocycles. The van der Waals surface area contributed by atoms with Gasteiger partial charge in [-0.1, -0.05) is 23.7 Å². The molecule has 0 spiro atoms. The van der Waals surface area contributed by atoms with Crippen molar-refractivity contribution in [3.63, 3.8) is 0 Å². The molecule has 0 aliphatic carbocycles. The van der Waals surface area contributed by atoms with Crippen LogP contribution >= 0.6 is 22.9 Å². The van der Waals surface area contributed by atoms with Gasteiger partial charge in [-0.15, -0.1) is 11.3 Å². The van der Waals surface area contributed by atoms with E-state index in [1.165, 1.54) is 23.5 Å². The molecule has 2 unspecified atom stereocenters. The van der Waals surface area contributed by atoms with Crippen molar-refractivity contribution in [3.05, 3.63) is 57.0 Å². The molecule has 2 atom stereocenters. The van der Waals surface area contributed by atoms with E-state index in [-0.39, 0.29) is 11.9 Å². The van der Waals surface area contributed by atoms with Crippen molar-refractivity contribution in [2.24, 2.45) is 0 Å². The highest BCUT2D eigenvalue weighted by molar-refractivity contribution is 7.16. The van der Waals surface area contributed by atoms with Gasteiger partial charge < -0.3 is 5.11 Å². The van der Waals surface area contributed by atoms with Crippen LogP contribution in [-0.4, -0.2) is 28.6 Å². The fourth-order valence-corrected chi connectivity index (χ4v) is 4.21. The van der Waals surface area contributed by atoms with E-state index >= 15 is 0 Å². The maximum atomic E-state index is 13.2. The second-order valence-corrected chi connectivity index (χ2v) is 7.08. The summed E-state index contributed by atoms with van der Waals surface area (Å²) in [5.41, 5.74) is 0.882. The number of hydrogen-bond acceptors (Lipinski definition) is 3. The summed E-state index contributed by atoms with van der Waals surface area (Å²) < 4.78 is 13.9. The number of carboxylic acids is 1. The zero-order chi connectivity index (χ0) is 15.7. The minimum atomic E-state index is -0.813. The topological polar surface area (TPSA) is 40.5 Å². The number of nitrogens with zero attached hydrogens (tertiary/aromatic N) is 1. The maximum Gasteiger partial charge on any atom is 0.320 e. The number of benzene rings is 1. The third kappa shape index (κ3) is 3.02. The van der Waals surface area contributed by atoms with Crippen LogP contribution in [0.3, 0.4) is 0 Å². The first-order valence-electron chi connectivity index (χ1n) is 7.05. The lowest BCUT2D eigenvalue weighted by Gasteiger charge is -2.31. The van der Waals surface area contributed by atoms with Crippen molar-refractivity contribution in [2.45, 2.75) is 24.9 Å². The SMILES string of the molecule is O=C(O)C1CCCN1C(c1ccc(F)cc1)c1ccc(Cl)s1. The quantitative estimate of drug-likeness (QED) is 0.908. The largest absolute Gasteiger partial charge is 0.480 e. The first-order chi connectivity index (χ1) is 10.6. The van der Waals surface area contributed by atoms with Crippen LogP contribution in [0.2, 0.25) is 4.34 Å². The summed E-state index contributed by atoms with van der Waals surface area (Å²) in [6.07, 6.45) is 1.47. The molecule has 116 valence electrons. The Labute approximate surface area is 136 Å². The summed E-state index contributed by atoms with van der Waals surface area (Å²) in [6, 6.07) is 9.24. The van der Waals surface area contributed by atoms with E-state index in [0.717, 1.165) is 16.9 Å². The number of carbonyl (C=O) groups is 1. The number of aliphatic carboxylic acids is 1. The minimum Gasteiger partial charge on any atom is -0.480 e. The number of halogens is 2. The van der Waals surface area contributed by atoms with Gasteiger partial charge in [0, 0.05) is 11.4 Å². The standard InChI is InChI=1S/C16H15ClFNO2S/c17-14-8-7-13(22-14)15(10-3-5-11(18)6-4-10)19-9-1-2-12(19)16(20)21/h3-8,12,15H,1-2,9H2,(H,20,21). The summed E-state index contributed by atoms with van der Waals surface area (Å²) >= 11 is 7.48. The van der Waals surface area contributed by atoms with E-state index in [4.69, 9.17) is 11.6 Å². The molecule has 1 aromatic carbocycles. The molecule has 2 heterocycles. The van der Waals surface area contributed by atoms with Gasteiger partial charge in [-0.3, -0.25) is 9.69 Å². The molecule has 3 rings (SSSR count). The predicted molar refractivity (Wildman–Crippen MR) is 84.9 cm³/mol. The van der Waals surface area contributed by atoms with E-state index in [9.17, 15) is 14.3 Å². The number of thiophene rings is 1. The van der Waals surface area contributed by atoms with Gasteiger partial charge >= 0.3 is 5.97 Å². The smallest absolute Gasteiger partial charge is 0.320 e. The second-order valence-electron chi connectivity index (χ2n) is 5.33. The van der Waals surface area contributed by atoms with Gasteiger partial charge in [0.15, 0.2) is 0 Å². The Kier molecular flexibility index (Phi) is 4.47. The van der Waals surface area contributed by atoms with Gasteiger partial charge in [-0.25, -0.2) is 4.39 Å². The fraction of sp³-hybridized carbons (Fsp3) is 0.312. The van der Waals surface area contributed by atoms with Crippen molar-refractivity contribution in [3.8, 4) is 0 Å². The summed E-state index contributed by atoms with van der Waals surface area (Å²) in [6.45, 7) is 0.703. The molecule has 0 radical (unpaired) electrons. The van der Waals surface area contributed by atoms with Crippen LogP contribution in [0.5, 0.6) is 0 Å². The molecule has 1 fully saturated rings. The van der Waals surface area contributed by atoms with Crippen LogP contribution in [0.25, 0.3) is 0 Å². The summed E-state index contributed by atoms with van der Waals surface area (Å²) in [4.78, 5) is 14.5. The van der Waals surface area contributed by atoms with E-state index in [2.05, 4.69) is 0 Å². The molecule has 1 aliphatic rings. The second kappa shape index (κ2) is 6.36. The molecule has 1 saturated heterocycles. The highest BCUT2D eigenvalue weighted by Crippen LogP contribution is 2.39. The molecular formula is C16H15ClFNO2S. The minimum absolute atomic E-state index is 0.207. The van der Waals surface area contributed by atoms with Crippen molar-refractivity contribution in [2.75, 3.05) is 6.54 Å². The molecule has 6 heteroatoms. The van der Waals surface area contributed by atoms with Gasteiger partial charge in [-0.05, 0) is 42.7 Å². The molecule has 1 aliphatic heterocycles. The van der Waals surface area contributed by atoms with Gasteiger partial charge in [0.05, 0.1) is 10.4 Å². The van der Waals surface area contributed by atoms with Crippen molar-refractivity contribution in [1.29, 1.82) is 0 Å². The van der Waals surface area contributed by atoms with E-state index in [1.807, 2.05) is 17.0 Å². The van der Waals surface area contributed by atoms with Crippen LogP contribution in [0, 0.1) is 5.82 Å². The highest BCUT2D eigenvalue weighted by Gasteiger charge is 2.37. The number of likely N-dealkylation sites (tertiary alicyclic amines) is 1. The van der Waals surface area contributed by atoms with Crippen LogP contribution in [0.1, 0.15) is 29.3 Å². The highest BCUT2D eigenvalue weighted by atomic mass is 35.5. The Morgan fingerprint density at radius 3 is 2.64 bits per heavy atom. The van der Waals surface area contributed by atoms with E-state index in [1.54, 1.807) is 12.1 Å². The Morgan fingerprint density at radius 2 is 2.05 bits per heavy atom. The Bertz CT molecular complexity index is 673. The van der Waals surface area contributed by atoms with Crippen LogP contribution in [-0.2, 0) is 4.79 Å². The molecule has 0 bridgehead atoms. The maximum absolute atomic E-state index is 13.2. The third-order valence-electron chi connectivity index (χ3n) is 3.96. The zero-order valence-electron chi connectivity index (χ0n) is 11.7. The Balaban J connectivity index is 2.03. The lowest BCUT2D eigenvalue weighted by atomic mass is 10.0. The first-order valence-corrected chi connectivity index (χ1v) is 8.25. The van der Waals surface area contributed by atoms with Gasteiger partial charge in [0.25, 0.3) is 0 Å². The van der Waals surface area contributed by atoms with Crippen LogP contribution in [0.4, 0.5) is 4.39 Å². The number of carboxylic acid groups (broad SMARTS) is 1. The molecular weight excluding hydrogens is 325 g/mol. The van der Waals surface area contributed by atoms with E-state index in [0.29, 0.717) is 17.3 Å². The van der Waals surface area contributed by atoms with Gasteiger partial charge in [0.1, 0.15) is 11.9 Å². The number of rotatable bonds is 4. The predicted octanol–water partition coefficient (Wildman–Crippen LogP) is 4.18. The lowest BCUT2D eigenvalue weighted by molar-refractivity contribution is -0.142. The van der Waals surface area contributed by atoms with Crippen molar-refractivity contribution in [1.82, 2.24) is 4.90 Å². The summed E-state index contributed by atoms with van der Waals surface area (Å²) in [5, 5.41) is 9.45. The molecule has 2 aromatic rings. The fourth-order valence-electron chi connectivity index (χ4n) is 3.00. The zero-order valence-corrected chi connectivity index (χ0v) is 13.3. The molecule has 0 amide bonds. The van der Waals surface area contributed by atoms with Crippen molar-refractivity contribution < 1.29 is 14.3 Å². The first kappa shape index (κ1) is 15.5. The lowest BCUT2D eigenvalue weighted by Crippen LogP contribution is -2.39. The third-order valence-corrected chi connectivity index (χ3v) is 5.24. The van der Waals surface area contributed by atoms with Crippen LogP contribution in [0.15, 0.2) is 36.4 Å². The van der Waals surface area contributed by atoms with E-state index < -0.39 is 12.0 Å². The normalized spacial score (nSPS) is 20.2. The summed E-state index contributed by atoms with van der Waals surface area (Å²) in [5.74, 6) is -1.12. The van der Waals surface area contributed by atoms with Gasteiger partial charge in [-0.2, -0.15) is 0 Å². The molecule has 1 N–H and O–H groups in total. The molecule has 22 heavy (non-hydrogen) atoms.